The Morgan fingerprint density at radius 3 is 1.67 bits per heavy atom. The number of nitrogens with two attached hydrogens (primary N) is 1. The zero-order valence-electron chi connectivity index (χ0n) is 5.78. The van der Waals surface area contributed by atoms with Gasteiger partial charge in [0.25, 0.3) is 0 Å². The first-order valence-electron chi connectivity index (χ1n) is 3.21. The van der Waals surface area contributed by atoms with Crippen LogP contribution < -0.4 is 5.73 Å². The average Bonchev–Trinajstić information content (AvgIpc) is 1.78. The van der Waals surface area contributed by atoms with E-state index in [1.165, 1.54) is 0 Å². The van der Waals surface area contributed by atoms with Crippen LogP contribution in [-0.4, -0.2) is 57.8 Å². The topological polar surface area (TPSA) is 101 Å². The van der Waals surface area contributed by atoms with Crippen LogP contribution in [0.2, 0.25) is 0 Å². The number of rotatable bonds is 2. The van der Waals surface area contributed by atoms with E-state index in [1.54, 1.807) is 0 Å². The second-order valence-corrected chi connectivity index (χ2v) is 2.86. The van der Waals surface area contributed by atoms with Crippen molar-refractivity contribution in [2.75, 3.05) is 0 Å². The van der Waals surface area contributed by atoms with Crippen molar-refractivity contribution in [3.8, 4) is 0 Å². The quantitative estimate of drug-likeness (QED) is 0.361. The molecule has 0 bridgehead atoms. The van der Waals surface area contributed by atoms with Crippen LogP contribution in [0.5, 0.6) is 0 Å². The SMILES string of the molecule is NC1CC(C(=O)O)(C(=O)O)C1.[NaH]. The summed E-state index contributed by atoms with van der Waals surface area (Å²) in [5, 5.41) is 17.1. The van der Waals surface area contributed by atoms with Crippen molar-refractivity contribution in [2.24, 2.45) is 11.1 Å². The molecule has 0 atom stereocenters. The van der Waals surface area contributed by atoms with E-state index in [4.69, 9.17) is 15.9 Å². The average molecular weight is 183 g/mol. The molecule has 0 aliphatic heterocycles. The molecule has 0 heterocycles. The molecule has 0 aromatic carbocycles. The first-order chi connectivity index (χ1) is 4.99. The van der Waals surface area contributed by atoms with Gasteiger partial charge < -0.3 is 15.9 Å². The van der Waals surface area contributed by atoms with Gasteiger partial charge >= 0.3 is 41.5 Å². The van der Waals surface area contributed by atoms with E-state index in [2.05, 4.69) is 0 Å². The number of aliphatic carboxylic acids is 2. The number of hydrogen-bond donors (Lipinski definition) is 3. The molecule has 64 valence electrons. The summed E-state index contributed by atoms with van der Waals surface area (Å²) in [7, 11) is 0. The summed E-state index contributed by atoms with van der Waals surface area (Å²) in [6, 6.07) is -0.276. The molecule has 12 heavy (non-hydrogen) atoms. The fraction of sp³-hybridized carbons (Fsp3) is 0.667. The second-order valence-electron chi connectivity index (χ2n) is 2.86. The van der Waals surface area contributed by atoms with Crippen molar-refractivity contribution < 1.29 is 19.8 Å². The molecule has 0 saturated heterocycles. The van der Waals surface area contributed by atoms with Crippen LogP contribution in [0.3, 0.4) is 0 Å². The Labute approximate surface area is 91.2 Å². The zero-order valence-corrected chi connectivity index (χ0v) is 5.78. The Balaban J connectivity index is 0.00000121. The molecule has 1 aliphatic rings. The standard InChI is InChI=1S/C6H9NO4.Na.H/c7-3-1-6(2-3,4(8)9)5(10)11;;/h3H,1-2,7H2,(H,8,9)(H,10,11);;. The van der Waals surface area contributed by atoms with E-state index < -0.39 is 17.4 Å². The van der Waals surface area contributed by atoms with Crippen molar-refractivity contribution in [3.63, 3.8) is 0 Å². The van der Waals surface area contributed by atoms with Crippen LogP contribution in [0, 0.1) is 5.41 Å². The van der Waals surface area contributed by atoms with Gasteiger partial charge in [0.05, 0.1) is 0 Å². The second kappa shape index (κ2) is 3.74. The van der Waals surface area contributed by atoms with Crippen LogP contribution in [-0.2, 0) is 9.59 Å². The van der Waals surface area contributed by atoms with Gasteiger partial charge in [0.15, 0.2) is 5.41 Å². The number of carboxylic acids is 2. The van der Waals surface area contributed by atoms with Crippen LogP contribution in [0.15, 0.2) is 0 Å². The molecule has 0 radical (unpaired) electrons. The van der Waals surface area contributed by atoms with Gasteiger partial charge in [-0.05, 0) is 12.8 Å². The first kappa shape index (κ1) is 11.9. The van der Waals surface area contributed by atoms with Gasteiger partial charge in [-0.2, -0.15) is 0 Å². The van der Waals surface area contributed by atoms with Gasteiger partial charge in [-0.25, -0.2) is 0 Å². The molecule has 0 spiro atoms. The summed E-state index contributed by atoms with van der Waals surface area (Å²) in [6.07, 6.45) is 0.0787. The minimum absolute atomic E-state index is 0. The Morgan fingerprint density at radius 2 is 1.58 bits per heavy atom. The number of hydrogen-bond acceptors (Lipinski definition) is 3. The minimum atomic E-state index is -1.60. The number of carboxylic acid groups (broad SMARTS) is 2. The number of carbonyl (C=O) groups is 2. The molecule has 1 rings (SSSR count). The Hall–Kier alpha value is -0.100. The van der Waals surface area contributed by atoms with Gasteiger partial charge in [0.2, 0.25) is 0 Å². The summed E-state index contributed by atoms with van der Waals surface area (Å²) < 4.78 is 0. The predicted molar refractivity (Wildman–Crippen MR) is 42.1 cm³/mol. The zero-order chi connectivity index (χ0) is 8.65. The molecule has 1 saturated carbocycles. The van der Waals surface area contributed by atoms with Crippen molar-refractivity contribution in [1.82, 2.24) is 0 Å². The molecule has 5 nitrogen and oxygen atoms in total. The van der Waals surface area contributed by atoms with Crippen molar-refractivity contribution >= 4 is 41.5 Å². The summed E-state index contributed by atoms with van der Waals surface area (Å²) in [5.41, 5.74) is 3.71. The van der Waals surface area contributed by atoms with Gasteiger partial charge in [-0.15, -0.1) is 0 Å². The van der Waals surface area contributed by atoms with E-state index >= 15 is 0 Å². The van der Waals surface area contributed by atoms with Crippen molar-refractivity contribution in [2.45, 2.75) is 18.9 Å². The molecule has 4 N–H and O–H groups in total. The van der Waals surface area contributed by atoms with Gasteiger partial charge in [0, 0.05) is 6.04 Å². The monoisotopic (exact) mass is 183 g/mol. The van der Waals surface area contributed by atoms with Crippen LogP contribution in [0.4, 0.5) is 0 Å². The van der Waals surface area contributed by atoms with E-state index in [9.17, 15) is 9.59 Å². The molecule has 0 aromatic heterocycles. The third-order valence-corrected chi connectivity index (χ3v) is 2.04. The maximum atomic E-state index is 10.5. The fourth-order valence-electron chi connectivity index (χ4n) is 1.28. The third-order valence-electron chi connectivity index (χ3n) is 2.04. The van der Waals surface area contributed by atoms with Crippen LogP contribution in [0.1, 0.15) is 12.8 Å². The predicted octanol–water partition coefficient (Wildman–Crippen LogP) is -1.39. The summed E-state index contributed by atoms with van der Waals surface area (Å²) in [4.78, 5) is 20.9. The summed E-state index contributed by atoms with van der Waals surface area (Å²) in [5.74, 6) is -2.57. The van der Waals surface area contributed by atoms with Gasteiger partial charge in [-0.1, -0.05) is 0 Å². The fourth-order valence-corrected chi connectivity index (χ4v) is 1.28. The van der Waals surface area contributed by atoms with E-state index in [1.807, 2.05) is 0 Å². The Kier molecular flexibility index (Phi) is 3.71. The van der Waals surface area contributed by atoms with Gasteiger partial charge in [-0.3, -0.25) is 9.59 Å². The molecule has 1 aliphatic carbocycles. The van der Waals surface area contributed by atoms with Gasteiger partial charge in [0.1, 0.15) is 0 Å². The summed E-state index contributed by atoms with van der Waals surface area (Å²) in [6.45, 7) is 0. The molecule has 0 unspecified atom stereocenters. The maximum absolute atomic E-state index is 10.5. The molecule has 0 amide bonds. The van der Waals surface area contributed by atoms with Crippen LogP contribution >= 0.6 is 0 Å². The summed E-state index contributed by atoms with van der Waals surface area (Å²) >= 11 is 0. The Morgan fingerprint density at radius 1 is 1.25 bits per heavy atom. The van der Waals surface area contributed by atoms with E-state index in [0.717, 1.165) is 0 Å². The first-order valence-corrected chi connectivity index (χ1v) is 3.21. The van der Waals surface area contributed by atoms with Crippen molar-refractivity contribution in [1.29, 1.82) is 0 Å². The molecular formula is C6H10NNaO4. The Bertz CT molecular complexity index is 196. The van der Waals surface area contributed by atoms with E-state index in [-0.39, 0.29) is 48.4 Å². The third kappa shape index (κ3) is 1.64. The van der Waals surface area contributed by atoms with Crippen molar-refractivity contribution in [3.05, 3.63) is 0 Å². The van der Waals surface area contributed by atoms with Crippen LogP contribution in [0.25, 0.3) is 0 Å². The molecule has 0 aromatic rings. The van der Waals surface area contributed by atoms with E-state index in [0.29, 0.717) is 0 Å². The molecule has 1 fully saturated rings. The normalized spacial score (nSPS) is 20.4. The molecular weight excluding hydrogens is 173 g/mol. The molecule has 6 heteroatoms.